The average Bonchev–Trinajstić information content (AvgIpc) is 2.76. The number of hydrogen-bond donors (Lipinski definition) is 0. The van der Waals surface area contributed by atoms with Gasteiger partial charge in [0.15, 0.2) is 0 Å². The SMILES string of the molecule is Brc1cccc2c1CC(c1ccccc1)=C2. The highest BCUT2D eigenvalue weighted by molar-refractivity contribution is 9.10. The van der Waals surface area contributed by atoms with Gasteiger partial charge in [-0.15, -0.1) is 0 Å². The third-order valence-electron chi connectivity index (χ3n) is 3.00. The van der Waals surface area contributed by atoms with Crippen molar-refractivity contribution >= 4 is 27.6 Å². The molecule has 3 rings (SSSR count). The zero-order chi connectivity index (χ0) is 11.0. The summed E-state index contributed by atoms with van der Waals surface area (Å²) in [5, 5.41) is 0. The molecule has 2 aromatic carbocycles. The predicted molar refractivity (Wildman–Crippen MR) is 72.2 cm³/mol. The smallest absolute Gasteiger partial charge is 0.0216 e. The summed E-state index contributed by atoms with van der Waals surface area (Å²) >= 11 is 3.61. The molecular formula is C15H11Br. The van der Waals surface area contributed by atoms with Crippen molar-refractivity contribution in [2.24, 2.45) is 0 Å². The molecule has 2 aromatic rings. The number of halogens is 1. The van der Waals surface area contributed by atoms with E-state index >= 15 is 0 Å². The van der Waals surface area contributed by atoms with Crippen LogP contribution in [0.2, 0.25) is 0 Å². The molecule has 0 aromatic heterocycles. The summed E-state index contributed by atoms with van der Waals surface area (Å²) in [7, 11) is 0. The van der Waals surface area contributed by atoms with Crippen molar-refractivity contribution in [3.05, 3.63) is 69.7 Å². The maximum Gasteiger partial charge on any atom is 0.0216 e. The zero-order valence-corrected chi connectivity index (χ0v) is 10.4. The van der Waals surface area contributed by atoms with Crippen molar-refractivity contribution in [1.82, 2.24) is 0 Å². The molecule has 0 amide bonds. The van der Waals surface area contributed by atoms with E-state index in [-0.39, 0.29) is 0 Å². The van der Waals surface area contributed by atoms with Gasteiger partial charge in [0.2, 0.25) is 0 Å². The van der Waals surface area contributed by atoms with Gasteiger partial charge in [-0.1, -0.05) is 64.5 Å². The van der Waals surface area contributed by atoms with Gasteiger partial charge in [0, 0.05) is 4.47 Å². The molecule has 0 aliphatic heterocycles. The summed E-state index contributed by atoms with van der Waals surface area (Å²) in [6, 6.07) is 17.0. The van der Waals surface area contributed by atoms with Gasteiger partial charge in [0.25, 0.3) is 0 Å². The maximum absolute atomic E-state index is 3.61. The first-order valence-electron chi connectivity index (χ1n) is 5.38. The quantitative estimate of drug-likeness (QED) is 0.714. The molecule has 1 aliphatic rings. The predicted octanol–water partition coefficient (Wildman–Crippen LogP) is 4.55. The third kappa shape index (κ3) is 1.61. The second-order valence-corrected chi connectivity index (χ2v) is 4.87. The molecule has 0 saturated heterocycles. The molecule has 0 unspecified atom stereocenters. The summed E-state index contributed by atoms with van der Waals surface area (Å²) in [6.07, 6.45) is 3.32. The van der Waals surface area contributed by atoms with Crippen LogP contribution >= 0.6 is 15.9 Å². The molecule has 0 fully saturated rings. The Labute approximate surface area is 104 Å². The summed E-state index contributed by atoms with van der Waals surface area (Å²) in [5.74, 6) is 0. The Bertz CT molecular complexity index is 553. The molecule has 0 atom stereocenters. The molecule has 0 radical (unpaired) electrons. The second-order valence-electron chi connectivity index (χ2n) is 4.02. The highest BCUT2D eigenvalue weighted by Gasteiger charge is 2.15. The molecule has 0 spiro atoms. The lowest BCUT2D eigenvalue weighted by atomic mass is 10.0. The molecular weight excluding hydrogens is 260 g/mol. The van der Waals surface area contributed by atoms with Gasteiger partial charge in [0.05, 0.1) is 0 Å². The van der Waals surface area contributed by atoms with Crippen LogP contribution in [-0.4, -0.2) is 0 Å². The summed E-state index contributed by atoms with van der Waals surface area (Å²) in [4.78, 5) is 0. The van der Waals surface area contributed by atoms with Gasteiger partial charge in [-0.25, -0.2) is 0 Å². The molecule has 0 saturated carbocycles. The first-order chi connectivity index (χ1) is 7.84. The normalized spacial score (nSPS) is 13.4. The van der Waals surface area contributed by atoms with E-state index < -0.39 is 0 Å². The molecule has 0 nitrogen and oxygen atoms in total. The molecule has 1 aliphatic carbocycles. The standard InChI is InChI=1S/C15H11Br/c16-15-8-4-7-12-9-13(10-14(12)15)11-5-2-1-3-6-11/h1-9H,10H2. The number of fused-ring (bicyclic) bond motifs is 1. The van der Waals surface area contributed by atoms with Crippen LogP contribution in [-0.2, 0) is 6.42 Å². The molecule has 0 bridgehead atoms. The lowest BCUT2D eigenvalue weighted by molar-refractivity contribution is 1.29. The molecule has 78 valence electrons. The van der Waals surface area contributed by atoms with E-state index in [4.69, 9.17) is 0 Å². The summed E-state index contributed by atoms with van der Waals surface area (Å²) < 4.78 is 1.21. The van der Waals surface area contributed by atoms with E-state index in [1.54, 1.807) is 0 Å². The number of benzene rings is 2. The van der Waals surface area contributed by atoms with Crippen molar-refractivity contribution in [2.45, 2.75) is 6.42 Å². The first kappa shape index (κ1) is 9.86. The molecule has 1 heteroatoms. The number of hydrogen-bond acceptors (Lipinski definition) is 0. The van der Waals surface area contributed by atoms with E-state index in [9.17, 15) is 0 Å². The van der Waals surface area contributed by atoms with Crippen LogP contribution in [0.4, 0.5) is 0 Å². The van der Waals surface area contributed by atoms with Crippen LogP contribution in [0.5, 0.6) is 0 Å². The van der Waals surface area contributed by atoms with Gasteiger partial charge in [-0.05, 0) is 34.8 Å². The van der Waals surface area contributed by atoms with Crippen molar-refractivity contribution < 1.29 is 0 Å². The van der Waals surface area contributed by atoms with Crippen LogP contribution < -0.4 is 0 Å². The lowest BCUT2D eigenvalue weighted by Gasteiger charge is -2.03. The zero-order valence-electron chi connectivity index (χ0n) is 8.78. The Morgan fingerprint density at radius 1 is 0.875 bits per heavy atom. The monoisotopic (exact) mass is 270 g/mol. The average molecular weight is 271 g/mol. The van der Waals surface area contributed by atoms with E-state index in [0.717, 1.165) is 6.42 Å². The van der Waals surface area contributed by atoms with Crippen LogP contribution in [0.25, 0.3) is 11.6 Å². The minimum absolute atomic E-state index is 1.03. The van der Waals surface area contributed by atoms with E-state index in [2.05, 4.69) is 70.5 Å². The van der Waals surface area contributed by atoms with Crippen LogP contribution in [0.3, 0.4) is 0 Å². The Morgan fingerprint density at radius 2 is 1.69 bits per heavy atom. The third-order valence-corrected chi connectivity index (χ3v) is 3.74. The lowest BCUT2D eigenvalue weighted by Crippen LogP contribution is -1.86. The minimum Gasteiger partial charge on any atom is -0.0622 e. The fraction of sp³-hybridized carbons (Fsp3) is 0.0667. The number of allylic oxidation sites excluding steroid dienone is 1. The molecule has 0 heterocycles. The largest absolute Gasteiger partial charge is 0.0622 e. The fourth-order valence-electron chi connectivity index (χ4n) is 2.16. The summed E-state index contributed by atoms with van der Waals surface area (Å²) in [5.41, 5.74) is 5.47. The fourth-order valence-corrected chi connectivity index (χ4v) is 2.69. The van der Waals surface area contributed by atoms with Gasteiger partial charge < -0.3 is 0 Å². The van der Waals surface area contributed by atoms with Gasteiger partial charge in [-0.2, -0.15) is 0 Å². The van der Waals surface area contributed by atoms with Crippen molar-refractivity contribution in [3.63, 3.8) is 0 Å². The van der Waals surface area contributed by atoms with Gasteiger partial charge in [0.1, 0.15) is 0 Å². The minimum atomic E-state index is 1.03. The van der Waals surface area contributed by atoms with Crippen molar-refractivity contribution in [1.29, 1.82) is 0 Å². The Hall–Kier alpha value is -1.34. The molecule has 16 heavy (non-hydrogen) atoms. The first-order valence-corrected chi connectivity index (χ1v) is 6.17. The topological polar surface area (TPSA) is 0 Å². The maximum atomic E-state index is 3.61. The highest BCUT2D eigenvalue weighted by Crippen LogP contribution is 2.35. The second kappa shape index (κ2) is 3.91. The van der Waals surface area contributed by atoms with E-state index in [1.807, 2.05) is 0 Å². The number of rotatable bonds is 1. The Kier molecular flexibility index (Phi) is 2.41. The van der Waals surface area contributed by atoms with Crippen LogP contribution in [0.15, 0.2) is 53.0 Å². The van der Waals surface area contributed by atoms with E-state index in [1.165, 1.54) is 26.7 Å². The summed E-state index contributed by atoms with van der Waals surface area (Å²) in [6.45, 7) is 0. The highest BCUT2D eigenvalue weighted by atomic mass is 79.9. The van der Waals surface area contributed by atoms with Crippen LogP contribution in [0.1, 0.15) is 16.7 Å². The van der Waals surface area contributed by atoms with E-state index in [0.29, 0.717) is 0 Å². The van der Waals surface area contributed by atoms with Crippen LogP contribution in [0, 0.1) is 0 Å². The van der Waals surface area contributed by atoms with Gasteiger partial charge in [-0.3, -0.25) is 0 Å². The van der Waals surface area contributed by atoms with Crippen molar-refractivity contribution in [3.8, 4) is 0 Å². The molecule has 0 N–H and O–H groups in total. The van der Waals surface area contributed by atoms with Gasteiger partial charge >= 0.3 is 0 Å². The van der Waals surface area contributed by atoms with Crippen molar-refractivity contribution in [2.75, 3.05) is 0 Å². The Morgan fingerprint density at radius 3 is 2.44 bits per heavy atom. The Balaban J connectivity index is 2.04.